The van der Waals surface area contributed by atoms with Crippen LogP contribution in [-0.4, -0.2) is 15.6 Å². The van der Waals surface area contributed by atoms with Gasteiger partial charge in [-0.1, -0.05) is 24.3 Å². The number of nitrogens with zero attached hydrogens (tertiary/aromatic N) is 2. The van der Waals surface area contributed by atoms with Crippen LogP contribution in [0, 0.1) is 20.8 Å². The zero-order chi connectivity index (χ0) is 19.1. The van der Waals surface area contributed by atoms with Crippen LogP contribution in [0.4, 0.5) is 5.69 Å². The SMILES string of the molecule is Cc1cc(C)cc(N=C2NC(=O)/C(=C/c3c(C)n(C)c4ccccc34)S2)c1. The number of aromatic nitrogens is 1. The molecular formula is C22H21N3OS. The minimum atomic E-state index is -0.101. The summed E-state index contributed by atoms with van der Waals surface area (Å²) in [5.41, 5.74) is 6.55. The minimum absolute atomic E-state index is 0.101. The third-order valence-corrected chi connectivity index (χ3v) is 5.72. The van der Waals surface area contributed by atoms with Crippen LogP contribution in [0.25, 0.3) is 17.0 Å². The zero-order valence-electron chi connectivity index (χ0n) is 15.8. The lowest BCUT2D eigenvalue weighted by molar-refractivity contribution is -0.115. The van der Waals surface area contributed by atoms with Crippen molar-refractivity contribution in [2.75, 3.05) is 0 Å². The van der Waals surface area contributed by atoms with Crippen molar-refractivity contribution in [3.8, 4) is 0 Å². The highest BCUT2D eigenvalue weighted by Gasteiger charge is 2.25. The molecule has 4 rings (SSSR count). The van der Waals surface area contributed by atoms with E-state index in [1.165, 1.54) is 11.8 Å². The lowest BCUT2D eigenvalue weighted by Gasteiger charge is -2.00. The van der Waals surface area contributed by atoms with Crippen LogP contribution in [0.3, 0.4) is 0 Å². The van der Waals surface area contributed by atoms with E-state index in [4.69, 9.17) is 0 Å². The standard InChI is InChI=1S/C22H21N3OS/c1-13-9-14(2)11-16(10-13)23-22-24-21(26)20(27-22)12-18-15(3)25(4)19-8-6-5-7-17(18)19/h5-12H,1-4H3,(H,23,24,26)/b20-12-. The van der Waals surface area contributed by atoms with E-state index < -0.39 is 0 Å². The summed E-state index contributed by atoms with van der Waals surface area (Å²) in [6, 6.07) is 14.4. The number of fused-ring (bicyclic) bond motifs is 1. The van der Waals surface area contributed by atoms with E-state index in [0.29, 0.717) is 10.1 Å². The fourth-order valence-electron chi connectivity index (χ4n) is 3.48. The number of amides is 1. The first kappa shape index (κ1) is 17.6. The van der Waals surface area contributed by atoms with E-state index in [1.807, 2.05) is 44.2 Å². The maximum atomic E-state index is 12.5. The summed E-state index contributed by atoms with van der Waals surface area (Å²) in [5.74, 6) is -0.101. The van der Waals surface area contributed by atoms with Crippen LogP contribution in [-0.2, 0) is 11.8 Å². The van der Waals surface area contributed by atoms with Crippen molar-refractivity contribution in [1.29, 1.82) is 0 Å². The number of aliphatic imine (C=N–C) groups is 1. The number of para-hydroxylation sites is 1. The molecule has 0 bridgehead atoms. The van der Waals surface area contributed by atoms with Crippen molar-refractivity contribution in [3.05, 3.63) is 69.8 Å². The first-order chi connectivity index (χ1) is 12.9. The molecule has 1 saturated heterocycles. The van der Waals surface area contributed by atoms with Gasteiger partial charge < -0.3 is 9.88 Å². The van der Waals surface area contributed by atoms with Crippen molar-refractivity contribution in [1.82, 2.24) is 9.88 Å². The third-order valence-electron chi connectivity index (χ3n) is 4.81. The summed E-state index contributed by atoms with van der Waals surface area (Å²) < 4.78 is 2.16. The summed E-state index contributed by atoms with van der Waals surface area (Å²) >= 11 is 1.39. The normalized spacial score (nSPS) is 17.3. The van der Waals surface area contributed by atoms with Gasteiger partial charge in [0.05, 0.1) is 10.6 Å². The van der Waals surface area contributed by atoms with Crippen molar-refractivity contribution in [2.45, 2.75) is 20.8 Å². The fraction of sp³-hybridized carbons (Fsp3) is 0.182. The smallest absolute Gasteiger partial charge is 0.264 e. The minimum Gasteiger partial charge on any atom is -0.347 e. The Bertz CT molecular complexity index is 1120. The molecule has 27 heavy (non-hydrogen) atoms. The highest BCUT2D eigenvalue weighted by molar-refractivity contribution is 8.18. The Balaban J connectivity index is 1.71. The molecule has 136 valence electrons. The van der Waals surface area contributed by atoms with Gasteiger partial charge in [0.2, 0.25) is 0 Å². The summed E-state index contributed by atoms with van der Waals surface area (Å²) in [6.07, 6.45) is 1.97. The van der Waals surface area contributed by atoms with Gasteiger partial charge in [0, 0.05) is 29.2 Å². The fourth-order valence-corrected chi connectivity index (χ4v) is 4.30. The lowest BCUT2D eigenvalue weighted by atomic mass is 10.1. The van der Waals surface area contributed by atoms with Gasteiger partial charge in [-0.3, -0.25) is 4.79 Å². The van der Waals surface area contributed by atoms with Crippen LogP contribution in [0.5, 0.6) is 0 Å². The lowest BCUT2D eigenvalue weighted by Crippen LogP contribution is -2.19. The second-order valence-corrected chi connectivity index (χ2v) is 7.93. The summed E-state index contributed by atoms with van der Waals surface area (Å²) in [6.45, 7) is 6.17. The molecule has 3 aromatic rings. The zero-order valence-corrected chi connectivity index (χ0v) is 16.6. The van der Waals surface area contributed by atoms with Crippen molar-refractivity contribution >= 4 is 45.5 Å². The Hall–Kier alpha value is -2.79. The maximum absolute atomic E-state index is 12.5. The van der Waals surface area contributed by atoms with Gasteiger partial charge in [-0.2, -0.15) is 0 Å². The number of benzene rings is 2. The molecule has 0 spiro atoms. The molecule has 1 fully saturated rings. The number of thioether (sulfide) groups is 1. The number of hydrogen-bond donors (Lipinski definition) is 1. The van der Waals surface area contributed by atoms with E-state index >= 15 is 0 Å². The average molecular weight is 375 g/mol. The summed E-state index contributed by atoms with van der Waals surface area (Å²) in [4.78, 5) is 17.8. The largest absolute Gasteiger partial charge is 0.347 e. The van der Waals surface area contributed by atoms with Crippen LogP contribution >= 0.6 is 11.8 Å². The molecule has 1 N–H and O–H groups in total. The van der Waals surface area contributed by atoms with Gasteiger partial charge in [0.25, 0.3) is 5.91 Å². The van der Waals surface area contributed by atoms with Crippen LogP contribution in [0.2, 0.25) is 0 Å². The molecule has 4 nitrogen and oxygen atoms in total. The number of rotatable bonds is 2. The van der Waals surface area contributed by atoms with E-state index in [1.54, 1.807) is 0 Å². The number of carbonyl (C=O) groups is 1. The molecular weight excluding hydrogens is 354 g/mol. The predicted octanol–water partition coefficient (Wildman–Crippen LogP) is 5.00. The first-order valence-corrected chi connectivity index (χ1v) is 9.66. The summed E-state index contributed by atoms with van der Waals surface area (Å²) in [7, 11) is 2.05. The molecule has 1 aliphatic heterocycles. The van der Waals surface area contributed by atoms with Crippen LogP contribution < -0.4 is 5.32 Å². The molecule has 0 aliphatic carbocycles. The molecule has 2 aromatic carbocycles. The molecule has 1 amide bonds. The van der Waals surface area contributed by atoms with Crippen molar-refractivity contribution in [2.24, 2.45) is 12.0 Å². The van der Waals surface area contributed by atoms with Crippen molar-refractivity contribution < 1.29 is 4.79 Å². The monoisotopic (exact) mass is 375 g/mol. The highest BCUT2D eigenvalue weighted by Crippen LogP contribution is 2.32. The Morgan fingerprint density at radius 3 is 2.52 bits per heavy atom. The van der Waals surface area contributed by atoms with Gasteiger partial charge in [0.15, 0.2) is 5.17 Å². The van der Waals surface area contributed by atoms with E-state index in [0.717, 1.165) is 39.0 Å². The second-order valence-electron chi connectivity index (χ2n) is 6.90. The maximum Gasteiger partial charge on any atom is 0.264 e. The number of aryl methyl sites for hydroxylation is 3. The Morgan fingerprint density at radius 2 is 1.78 bits per heavy atom. The Labute approximate surface area is 163 Å². The van der Waals surface area contributed by atoms with Crippen LogP contribution in [0.1, 0.15) is 22.4 Å². The second kappa shape index (κ2) is 6.74. The van der Waals surface area contributed by atoms with E-state index in [-0.39, 0.29) is 5.91 Å². The van der Waals surface area contributed by atoms with Gasteiger partial charge in [0.1, 0.15) is 0 Å². The topological polar surface area (TPSA) is 46.4 Å². The first-order valence-electron chi connectivity index (χ1n) is 8.84. The molecule has 0 atom stereocenters. The molecule has 0 saturated carbocycles. The van der Waals surface area contributed by atoms with Gasteiger partial charge >= 0.3 is 0 Å². The van der Waals surface area contributed by atoms with E-state index in [2.05, 4.69) is 47.0 Å². The van der Waals surface area contributed by atoms with Gasteiger partial charge in [-0.25, -0.2) is 4.99 Å². The molecule has 2 heterocycles. The molecule has 0 radical (unpaired) electrons. The molecule has 1 aliphatic rings. The number of nitrogens with one attached hydrogen (secondary N) is 1. The average Bonchev–Trinajstić information content (AvgIpc) is 3.07. The molecule has 5 heteroatoms. The Kier molecular flexibility index (Phi) is 4.40. The highest BCUT2D eigenvalue weighted by atomic mass is 32.2. The number of amidine groups is 1. The van der Waals surface area contributed by atoms with Crippen molar-refractivity contribution in [3.63, 3.8) is 0 Å². The Morgan fingerprint density at radius 1 is 1.07 bits per heavy atom. The molecule has 0 unspecified atom stereocenters. The quantitative estimate of drug-likeness (QED) is 0.641. The predicted molar refractivity (Wildman–Crippen MR) is 114 cm³/mol. The third kappa shape index (κ3) is 3.30. The van der Waals surface area contributed by atoms with Crippen LogP contribution in [0.15, 0.2) is 52.4 Å². The van der Waals surface area contributed by atoms with Gasteiger partial charge in [-0.15, -0.1) is 0 Å². The molecule has 1 aromatic heterocycles. The van der Waals surface area contributed by atoms with Gasteiger partial charge in [-0.05, 0) is 67.9 Å². The summed E-state index contributed by atoms with van der Waals surface area (Å²) in [5, 5.41) is 4.66. The number of carbonyl (C=O) groups excluding carboxylic acids is 1. The number of hydrogen-bond acceptors (Lipinski definition) is 3. The van der Waals surface area contributed by atoms with E-state index in [9.17, 15) is 4.79 Å².